The summed E-state index contributed by atoms with van der Waals surface area (Å²) in [6, 6.07) is 5.91. The van der Waals surface area contributed by atoms with Gasteiger partial charge in [-0.15, -0.1) is 0 Å². The number of amides is 2. The van der Waals surface area contributed by atoms with Gasteiger partial charge in [0, 0.05) is 58.3 Å². The van der Waals surface area contributed by atoms with E-state index in [1.54, 1.807) is 0 Å². The summed E-state index contributed by atoms with van der Waals surface area (Å²) in [5.74, 6) is 2.08. The van der Waals surface area contributed by atoms with Crippen LogP contribution in [-0.2, 0) is 18.4 Å². The lowest BCUT2D eigenvalue weighted by atomic mass is 9.86. The second kappa shape index (κ2) is 9.84. The zero-order valence-corrected chi connectivity index (χ0v) is 20.0. The van der Waals surface area contributed by atoms with Gasteiger partial charge in [0.2, 0.25) is 5.91 Å². The van der Waals surface area contributed by atoms with Crippen molar-refractivity contribution < 1.29 is 9.59 Å². The van der Waals surface area contributed by atoms with Gasteiger partial charge in [-0.3, -0.25) is 14.5 Å². The van der Waals surface area contributed by atoms with E-state index in [0.717, 1.165) is 87.5 Å². The third kappa shape index (κ3) is 4.93. The first kappa shape index (κ1) is 22.4. The van der Waals surface area contributed by atoms with Gasteiger partial charge in [-0.2, -0.15) is 0 Å². The summed E-state index contributed by atoms with van der Waals surface area (Å²) in [6.45, 7) is 5.88. The van der Waals surface area contributed by atoms with Crippen molar-refractivity contribution in [3.05, 3.63) is 29.6 Å². The van der Waals surface area contributed by atoms with Gasteiger partial charge in [0.15, 0.2) is 0 Å². The molecule has 0 bridgehead atoms. The number of fused-ring (bicyclic) bond motifs is 1. The normalized spacial score (nSPS) is 20.6. The minimum Gasteiger partial charge on any atom is -0.340 e. The van der Waals surface area contributed by atoms with Crippen molar-refractivity contribution in [1.29, 1.82) is 0 Å². The van der Waals surface area contributed by atoms with Crippen LogP contribution in [0, 0.1) is 5.92 Å². The standard InChI is InChI=1S/C26H37N5O2/c1-28-23-10-9-21(26(33)31-11-5-6-12-31)18-22(23)27-24(28)19-29-13-15-30(16-14-29)25(32)17-20-7-3-2-4-8-20/h9-10,18,20H,2-8,11-17,19H2,1H3. The lowest BCUT2D eigenvalue weighted by Crippen LogP contribution is -2.48. The third-order valence-corrected chi connectivity index (χ3v) is 7.89. The maximum Gasteiger partial charge on any atom is 0.253 e. The van der Waals surface area contributed by atoms with Crippen molar-refractivity contribution in [2.24, 2.45) is 13.0 Å². The van der Waals surface area contributed by atoms with E-state index in [0.29, 0.717) is 11.8 Å². The number of nitrogens with zero attached hydrogens (tertiary/aromatic N) is 5. The van der Waals surface area contributed by atoms with Crippen LogP contribution >= 0.6 is 0 Å². The molecule has 3 fully saturated rings. The number of piperazine rings is 1. The highest BCUT2D eigenvalue weighted by Crippen LogP contribution is 2.27. The summed E-state index contributed by atoms with van der Waals surface area (Å²) in [6.07, 6.45) is 9.30. The van der Waals surface area contributed by atoms with E-state index in [1.807, 2.05) is 23.1 Å². The summed E-state index contributed by atoms with van der Waals surface area (Å²) in [4.78, 5) is 36.8. The molecule has 178 valence electrons. The van der Waals surface area contributed by atoms with Crippen molar-refractivity contribution in [1.82, 2.24) is 24.3 Å². The Bertz CT molecular complexity index is 996. The molecule has 0 unspecified atom stereocenters. The first-order chi connectivity index (χ1) is 16.1. The van der Waals surface area contributed by atoms with Crippen LogP contribution in [0.5, 0.6) is 0 Å². The van der Waals surface area contributed by atoms with Crippen molar-refractivity contribution >= 4 is 22.8 Å². The molecule has 0 spiro atoms. The first-order valence-electron chi connectivity index (χ1n) is 12.8. The molecule has 1 aromatic carbocycles. The van der Waals surface area contributed by atoms with Crippen molar-refractivity contribution in [3.63, 3.8) is 0 Å². The smallest absolute Gasteiger partial charge is 0.253 e. The molecule has 1 saturated carbocycles. The largest absolute Gasteiger partial charge is 0.340 e. The molecule has 2 saturated heterocycles. The Hall–Kier alpha value is -2.41. The fourth-order valence-corrected chi connectivity index (χ4v) is 5.75. The van der Waals surface area contributed by atoms with Crippen LogP contribution in [0.2, 0.25) is 0 Å². The minimum atomic E-state index is 0.121. The van der Waals surface area contributed by atoms with Crippen LogP contribution in [0.1, 0.15) is 67.5 Å². The summed E-state index contributed by atoms with van der Waals surface area (Å²) < 4.78 is 2.14. The second-order valence-corrected chi connectivity index (χ2v) is 10.2. The van der Waals surface area contributed by atoms with Gasteiger partial charge in [-0.1, -0.05) is 19.3 Å². The van der Waals surface area contributed by atoms with E-state index in [-0.39, 0.29) is 5.91 Å². The van der Waals surface area contributed by atoms with Gasteiger partial charge in [0.05, 0.1) is 17.6 Å². The lowest BCUT2D eigenvalue weighted by molar-refractivity contribution is -0.134. The number of hydrogen-bond donors (Lipinski definition) is 0. The number of benzene rings is 1. The molecule has 0 N–H and O–H groups in total. The van der Waals surface area contributed by atoms with Crippen molar-refractivity contribution in [3.8, 4) is 0 Å². The van der Waals surface area contributed by atoms with E-state index in [9.17, 15) is 9.59 Å². The van der Waals surface area contributed by atoms with Crippen LogP contribution in [0.3, 0.4) is 0 Å². The van der Waals surface area contributed by atoms with E-state index in [2.05, 4.69) is 21.4 Å². The summed E-state index contributed by atoms with van der Waals surface area (Å²) in [7, 11) is 2.05. The SMILES string of the molecule is Cn1c(CN2CCN(C(=O)CC3CCCCC3)CC2)nc2cc(C(=O)N3CCCC3)ccc21. The molecular formula is C26H37N5O2. The molecule has 2 aliphatic heterocycles. The monoisotopic (exact) mass is 451 g/mol. The van der Waals surface area contributed by atoms with Crippen molar-refractivity contribution in [2.75, 3.05) is 39.3 Å². The Kier molecular flexibility index (Phi) is 6.67. The molecule has 1 aromatic heterocycles. The van der Waals surface area contributed by atoms with E-state index < -0.39 is 0 Å². The molecule has 2 aromatic rings. The number of aryl methyl sites for hydroxylation is 1. The Balaban J connectivity index is 1.18. The molecule has 0 radical (unpaired) electrons. The predicted molar refractivity (Wildman–Crippen MR) is 129 cm³/mol. The number of aromatic nitrogens is 2. The van der Waals surface area contributed by atoms with Crippen LogP contribution in [0.25, 0.3) is 11.0 Å². The molecule has 3 heterocycles. The number of hydrogen-bond acceptors (Lipinski definition) is 4. The highest BCUT2D eigenvalue weighted by molar-refractivity contribution is 5.97. The molecule has 1 aliphatic carbocycles. The molecule has 5 rings (SSSR count). The summed E-state index contributed by atoms with van der Waals surface area (Å²) >= 11 is 0. The van der Waals surface area contributed by atoms with E-state index in [4.69, 9.17) is 4.98 Å². The Morgan fingerprint density at radius 2 is 1.64 bits per heavy atom. The zero-order chi connectivity index (χ0) is 22.8. The molecule has 33 heavy (non-hydrogen) atoms. The van der Waals surface area contributed by atoms with Crippen LogP contribution < -0.4 is 0 Å². The number of carbonyl (C=O) groups excluding carboxylic acids is 2. The maximum absolute atomic E-state index is 12.8. The Morgan fingerprint density at radius 1 is 0.909 bits per heavy atom. The molecule has 0 atom stereocenters. The van der Waals surface area contributed by atoms with Crippen LogP contribution in [0.15, 0.2) is 18.2 Å². The van der Waals surface area contributed by atoms with Gasteiger partial charge < -0.3 is 14.4 Å². The highest BCUT2D eigenvalue weighted by Gasteiger charge is 2.26. The van der Waals surface area contributed by atoms with Crippen LogP contribution in [-0.4, -0.2) is 75.3 Å². The highest BCUT2D eigenvalue weighted by atomic mass is 16.2. The maximum atomic E-state index is 12.8. The zero-order valence-electron chi connectivity index (χ0n) is 20.0. The van der Waals surface area contributed by atoms with E-state index >= 15 is 0 Å². The molecule has 3 aliphatic rings. The van der Waals surface area contributed by atoms with Gasteiger partial charge in [0.25, 0.3) is 5.91 Å². The van der Waals surface area contributed by atoms with Gasteiger partial charge in [0.1, 0.15) is 5.82 Å². The first-order valence-corrected chi connectivity index (χ1v) is 12.8. The number of carbonyl (C=O) groups is 2. The Morgan fingerprint density at radius 3 is 2.36 bits per heavy atom. The molecule has 7 heteroatoms. The average molecular weight is 452 g/mol. The molecule has 7 nitrogen and oxygen atoms in total. The quantitative estimate of drug-likeness (QED) is 0.699. The summed E-state index contributed by atoms with van der Waals surface area (Å²) in [5, 5.41) is 0. The molecule has 2 amide bonds. The number of imidazole rings is 1. The van der Waals surface area contributed by atoms with Gasteiger partial charge in [-0.25, -0.2) is 4.98 Å². The summed E-state index contributed by atoms with van der Waals surface area (Å²) in [5.41, 5.74) is 2.68. The average Bonchev–Trinajstić information content (AvgIpc) is 3.48. The van der Waals surface area contributed by atoms with Crippen LogP contribution in [0.4, 0.5) is 0 Å². The van der Waals surface area contributed by atoms with Gasteiger partial charge >= 0.3 is 0 Å². The number of likely N-dealkylation sites (tertiary alicyclic amines) is 1. The second-order valence-electron chi connectivity index (χ2n) is 10.2. The fraction of sp³-hybridized carbons (Fsp3) is 0.654. The topological polar surface area (TPSA) is 61.7 Å². The van der Waals surface area contributed by atoms with E-state index in [1.165, 1.54) is 32.1 Å². The van der Waals surface area contributed by atoms with Crippen molar-refractivity contribution in [2.45, 2.75) is 57.9 Å². The predicted octanol–water partition coefficient (Wildman–Crippen LogP) is 3.42. The number of rotatable bonds is 5. The Labute approximate surface area is 196 Å². The lowest BCUT2D eigenvalue weighted by Gasteiger charge is -2.35. The van der Waals surface area contributed by atoms with Gasteiger partial charge in [-0.05, 0) is 49.8 Å². The molecular weight excluding hydrogens is 414 g/mol. The fourth-order valence-electron chi connectivity index (χ4n) is 5.75. The minimum absolute atomic E-state index is 0.121. The third-order valence-electron chi connectivity index (χ3n) is 7.89.